The van der Waals surface area contributed by atoms with Gasteiger partial charge in [0, 0.05) is 32.6 Å². The van der Waals surface area contributed by atoms with Crippen LogP contribution in [0.15, 0.2) is 99.9 Å². The van der Waals surface area contributed by atoms with Crippen molar-refractivity contribution < 1.29 is 17.6 Å². The number of benzene rings is 4. The van der Waals surface area contributed by atoms with Crippen LogP contribution in [0.4, 0.5) is 11.4 Å². The lowest BCUT2D eigenvalue weighted by Gasteiger charge is -2.22. The van der Waals surface area contributed by atoms with E-state index in [4.69, 9.17) is 4.42 Å². The van der Waals surface area contributed by atoms with Crippen LogP contribution in [-0.4, -0.2) is 20.6 Å². The predicted octanol–water partition coefficient (Wildman–Crippen LogP) is 6.57. The summed E-state index contributed by atoms with van der Waals surface area (Å²) in [7, 11) is -3.49. The number of para-hydroxylation sites is 1. The number of nitrogens with zero attached hydrogens (tertiary/aromatic N) is 1. The largest absolute Gasteiger partial charge is 0.456 e. The van der Waals surface area contributed by atoms with Crippen LogP contribution in [0.3, 0.4) is 0 Å². The number of sulfonamides is 1. The summed E-state index contributed by atoms with van der Waals surface area (Å²) in [6.45, 7) is 0.158. The van der Waals surface area contributed by atoms with E-state index in [0.717, 1.165) is 26.4 Å². The van der Waals surface area contributed by atoms with Crippen LogP contribution < -0.4 is 9.62 Å². The molecule has 1 N–H and O–H groups in total. The van der Waals surface area contributed by atoms with Crippen molar-refractivity contribution in [2.75, 3.05) is 15.9 Å². The van der Waals surface area contributed by atoms with Gasteiger partial charge in [-0.2, -0.15) is 0 Å². The molecule has 0 atom stereocenters. The van der Waals surface area contributed by atoms with Gasteiger partial charge in [-0.15, -0.1) is 0 Å². The Hall–Kier alpha value is -3.62. The quantitative estimate of drug-likeness (QED) is 0.260. The summed E-state index contributed by atoms with van der Waals surface area (Å²) in [4.78, 5) is 12.8. The van der Waals surface area contributed by atoms with Gasteiger partial charge in [0.15, 0.2) is 0 Å². The highest BCUT2D eigenvalue weighted by Crippen LogP contribution is 2.30. The number of furan rings is 1. The minimum Gasteiger partial charge on any atom is -0.456 e. The Morgan fingerprint density at radius 2 is 1.57 bits per heavy atom. The van der Waals surface area contributed by atoms with Crippen molar-refractivity contribution >= 4 is 65.2 Å². The first-order valence-corrected chi connectivity index (χ1v) is 13.5. The molecule has 1 aromatic heterocycles. The maximum atomic E-state index is 12.8. The lowest BCUT2D eigenvalue weighted by molar-refractivity contribution is 0.102. The fourth-order valence-corrected chi connectivity index (χ4v) is 5.09. The molecular weight excluding hydrogens is 528 g/mol. The van der Waals surface area contributed by atoms with Gasteiger partial charge >= 0.3 is 0 Å². The van der Waals surface area contributed by atoms with Crippen LogP contribution >= 0.6 is 15.9 Å². The van der Waals surface area contributed by atoms with Gasteiger partial charge < -0.3 is 9.73 Å². The number of hydrogen-bond acceptors (Lipinski definition) is 4. The number of hydrogen-bond donors (Lipinski definition) is 1. The van der Waals surface area contributed by atoms with Gasteiger partial charge in [-0.1, -0.05) is 46.3 Å². The SMILES string of the molecule is CS(=O)(=O)N(Cc1ccc(C(=O)Nc2ccc3c(c2)oc2ccccc23)cc1)c1ccc(Br)cc1. The van der Waals surface area contributed by atoms with Crippen molar-refractivity contribution in [1.29, 1.82) is 0 Å². The molecule has 6 nitrogen and oxygen atoms in total. The van der Waals surface area contributed by atoms with Crippen molar-refractivity contribution in [2.45, 2.75) is 6.54 Å². The van der Waals surface area contributed by atoms with Crippen molar-refractivity contribution in [1.82, 2.24) is 0 Å². The molecule has 4 aromatic carbocycles. The van der Waals surface area contributed by atoms with E-state index in [2.05, 4.69) is 21.2 Å². The molecule has 8 heteroatoms. The molecule has 0 aliphatic heterocycles. The zero-order chi connectivity index (χ0) is 24.6. The van der Waals surface area contributed by atoms with Crippen molar-refractivity contribution in [3.05, 3.63) is 107 Å². The van der Waals surface area contributed by atoms with Crippen LogP contribution in [0.2, 0.25) is 0 Å². The first-order chi connectivity index (χ1) is 16.8. The number of carbonyl (C=O) groups is 1. The van der Waals surface area contributed by atoms with E-state index in [1.54, 1.807) is 48.5 Å². The second kappa shape index (κ2) is 9.20. The predicted molar refractivity (Wildman–Crippen MR) is 143 cm³/mol. The van der Waals surface area contributed by atoms with E-state index in [1.807, 2.05) is 42.5 Å². The molecule has 0 aliphatic rings. The number of rotatable bonds is 6. The molecule has 0 spiro atoms. The van der Waals surface area contributed by atoms with Gasteiger partial charge in [0.05, 0.1) is 18.5 Å². The molecular formula is C27H21BrN2O4S. The van der Waals surface area contributed by atoms with Gasteiger partial charge in [-0.3, -0.25) is 9.10 Å². The zero-order valence-corrected chi connectivity index (χ0v) is 21.1. The smallest absolute Gasteiger partial charge is 0.255 e. The van der Waals surface area contributed by atoms with Crippen LogP contribution in [0.25, 0.3) is 21.9 Å². The summed E-state index contributed by atoms with van der Waals surface area (Å²) in [6, 6.07) is 27.4. The van der Waals surface area contributed by atoms with Gasteiger partial charge in [-0.25, -0.2) is 8.42 Å². The molecule has 1 amide bonds. The normalized spacial score (nSPS) is 11.6. The molecule has 5 rings (SSSR count). The highest BCUT2D eigenvalue weighted by atomic mass is 79.9. The summed E-state index contributed by atoms with van der Waals surface area (Å²) in [5.41, 5.74) is 3.93. The summed E-state index contributed by atoms with van der Waals surface area (Å²) in [5.74, 6) is -0.264. The average molecular weight is 549 g/mol. The van der Waals surface area contributed by atoms with Crippen LogP contribution in [-0.2, 0) is 16.6 Å². The monoisotopic (exact) mass is 548 g/mol. The Labute approximate surface area is 211 Å². The number of halogens is 1. The molecule has 0 fully saturated rings. The lowest BCUT2D eigenvalue weighted by atomic mass is 10.1. The third-order valence-corrected chi connectivity index (χ3v) is 7.36. The number of carbonyl (C=O) groups excluding carboxylic acids is 1. The third kappa shape index (κ3) is 4.94. The van der Waals surface area contributed by atoms with Gasteiger partial charge in [0.1, 0.15) is 11.2 Å². The zero-order valence-electron chi connectivity index (χ0n) is 18.7. The van der Waals surface area contributed by atoms with Gasteiger partial charge in [0.25, 0.3) is 5.91 Å². The van der Waals surface area contributed by atoms with E-state index in [0.29, 0.717) is 22.5 Å². The highest BCUT2D eigenvalue weighted by Gasteiger charge is 2.18. The highest BCUT2D eigenvalue weighted by molar-refractivity contribution is 9.10. The van der Waals surface area contributed by atoms with Gasteiger partial charge in [-0.05, 0) is 60.2 Å². The molecule has 0 bridgehead atoms. The fraction of sp³-hybridized carbons (Fsp3) is 0.0741. The molecule has 0 saturated heterocycles. The van der Waals surface area contributed by atoms with Crippen molar-refractivity contribution in [3.63, 3.8) is 0 Å². The third-order valence-electron chi connectivity index (χ3n) is 5.69. The number of anilines is 2. The van der Waals surface area contributed by atoms with Crippen LogP contribution in [0, 0.1) is 0 Å². The van der Waals surface area contributed by atoms with Crippen LogP contribution in [0.1, 0.15) is 15.9 Å². The molecule has 0 unspecified atom stereocenters. The maximum absolute atomic E-state index is 12.8. The Morgan fingerprint density at radius 3 is 2.29 bits per heavy atom. The fourth-order valence-electron chi connectivity index (χ4n) is 3.94. The Kier molecular flexibility index (Phi) is 6.08. The summed E-state index contributed by atoms with van der Waals surface area (Å²) in [6.07, 6.45) is 1.18. The molecule has 35 heavy (non-hydrogen) atoms. The van der Waals surface area contributed by atoms with Crippen molar-refractivity contribution in [3.8, 4) is 0 Å². The van der Waals surface area contributed by atoms with E-state index < -0.39 is 10.0 Å². The number of fused-ring (bicyclic) bond motifs is 3. The van der Waals surface area contributed by atoms with Crippen LogP contribution in [0.5, 0.6) is 0 Å². The molecule has 0 radical (unpaired) electrons. The Balaban J connectivity index is 1.32. The van der Waals surface area contributed by atoms with E-state index in [-0.39, 0.29) is 12.5 Å². The molecule has 0 saturated carbocycles. The number of nitrogens with one attached hydrogen (secondary N) is 1. The summed E-state index contributed by atoms with van der Waals surface area (Å²) < 4.78 is 32.9. The molecule has 176 valence electrons. The Bertz CT molecular complexity index is 1640. The maximum Gasteiger partial charge on any atom is 0.255 e. The topological polar surface area (TPSA) is 79.6 Å². The number of amides is 1. The van der Waals surface area contributed by atoms with Crippen molar-refractivity contribution in [2.24, 2.45) is 0 Å². The van der Waals surface area contributed by atoms with E-state index >= 15 is 0 Å². The summed E-state index contributed by atoms with van der Waals surface area (Å²) >= 11 is 3.37. The van der Waals surface area contributed by atoms with E-state index in [9.17, 15) is 13.2 Å². The minimum absolute atomic E-state index is 0.158. The second-order valence-electron chi connectivity index (χ2n) is 8.21. The van der Waals surface area contributed by atoms with Gasteiger partial charge in [0.2, 0.25) is 10.0 Å². The first kappa shape index (κ1) is 23.1. The molecule has 1 heterocycles. The Morgan fingerprint density at radius 1 is 0.886 bits per heavy atom. The first-order valence-electron chi connectivity index (χ1n) is 10.8. The molecule has 5 aromatic rings. The molecule has 0 aliphatic carbocycles. The average Bonchev–Trinajstić information content (AvgIpc) is 3.21. The summed E-state index contributed by atoms with van der Waals surface area (Å²) in [5, 5.41) is 4.92. The standard InChI is InChI=1S/C27H21BrN2O4S/c1-35(32,33)30(22-13-10-20(28)11-14-22)17-18-6-8-19(9-7-18)27(31)29-21-12-15-24-23-4-2-3-5-25(23)34-26(24)16-21/h2-16H,17H2,1H3,(H,29,31). The van der Waals surface area contributed by atoms with E-state index in [1.165, 1.54) is 10.6 Å². The second-order valence-corrected chi connectivity index (χ2v) is 11.0. The lowest BCUT2D eigenvalue weighted by Crippen LogP contribution is -2.29. The minimum atomic E-state index is -3.49.